The van der Waals surface area contributed by atoms with E-state index in [4.69, 9.17) is 4.74 Å². The lowest BCUT2D eigenvalue weighted by molar-refractivity contribution is 0.0520. The molecule has 5 nitrogen and oxygen atoms in total. The van der Waals surface area contributed by atoms with Crippen molar-refractivity contribution in [2.75, 3.05) is 32.8 Å². The first-order valence-corrected chi connectivity index (χ1v) is 7.66. The average Bonchev–Trinajstić information content (AvgIpc) is 2.47. The third kappa shape index (κ3) is 4.66. The van der Waals surface area contributed by atoms with Crippen LogP contribution in [-0.4, -0.2) is 55.9 Å². The lowest BCUT2D eigenvalue weighted by Gasteiger charge is -2.33. The fraction of sp³-hybridized carbons (Fsp3) is 0.929. The Balaban J connectivity index is 1.65. The molecule has 19 heavy (non-hydrogen) atoms. The number of carbonyl (C=O) groups is 1. The maximum absolute atomic E-state index is 12.1. The second kappa shape index (κ2) is 7.70. The van der Waals surface area contributed by atoms with E-state index < -0.39 is 0 Å². The van der Waals surface area contributed by atoms with Crippen molar-refractivity contribution in [3.63, 3.8) is 0 Å². The summed E-state index contributed by atoms with van der Waals surface area (Å²) in [7, 11) is 0. The molecule has 0 atom stereocenters. The number of nitrogens with zero attached hydrogens (tertiary/aromatic N) is 1. The van der Waals surface area contributed by atoms with Gasteiger partial charge >= 0.3 is 6.03 Å². The molecule has 0 aromatic rings. The molecule has 2 fully saturated rings. The Kier molecular flexibility index (Phi) is 5.92. The second-order valence-electron chi connectivity index (χ2n) is 5.55. The zero-order valence-electron chi connectivity index (χ0n) is 12.0. The van der Waals surface area contributed by atoms with E-state index in [1.54, 1.807) is 0 Å². The van der Waals surface area contributed by atoms with E-state index in [1.165, 1.54) is 19.3 Å². The van der Waals surface area contributed by atoms with Crippen LogP contribution in [0.25, 0.3) is 0 Å². The summed E-state index contributed by atoms with van der Waals surface area (Å²) in [5, 5.41) is 6.74. The van der Waals surface area contributed by atoms with E-state index in [0.29, 0.717) is 25.3 Å². The van der Waals surface area contributed by atoms with E-state index in [2.05, 4.69) is 17.6 Å². The third-order valence-electron chi connectivity index (χ3n) is 4.04. The summed E-state index contributed by atoms with van der Waals surface area (Å²) in [6.07, 6.45) is 5.73. The van der Waals surface area contributed by atoms with Crippen LogP contribution in [0.5, 0.6) is 0 Å². The summed E-state index contributed by atoms with van der Waals surface area (Å²) < 4.78 is 5.26. The molecule has 2 amide bonds. The summed E-state index contributed by atoms with van der Waals surface area (Å²) >= 11 is 0. The van der Waals surface area contributed by atoms with Gasteiger partial charge in [0.1, 0.15) is 0 Å². The molecule has 2 N–H and O–H groups in total. The predicted molar refractivity (Wildman–Crippen MR) is 75.3 cm³/mol. The van der Waals surface area contributed by atoms with Crippen LogP contribution >= 0.6 is 0 Å². The number of hydrogen-bond donors (Lipinski definition) is 2. The van der Waals surface area contributed by atoms with E-state index in [1.807, 2.05) is 4.90 Å². The Morgan fingerprint density at radius 2 is 1.79 bits per heavy atom. The van der Waals surface area contributed by atoms with Gasteiger partial charge < -0.3 is 20.3 Å². The first-order valence-electron chi connectivity index (χ1n) is 7.66. The molecule has 0 spiro atoms. The van der Waals surface area contributed by atoms with Crippen molar-refractivity contribution in [2.24, 2.45) is 0 Å². The molecule has 0 bridgehead atoms. The Morgan fingerprint density at radius 3 is 2.42 bits per heavy atom. The molecule has 0 radical (unpaired) electrons. The van der Waals surface area contributed by atoms with Gasteiger partial charge in [-0.2, -0.15) is 0 Å². The molecule has 0 aromatic heterocycles. The summed E-state index contributed by atoms with van der Waals surface area (Å²) in [6, 6.07) is 1.10. The Bertz CT molecular complexity index is 272. The minimum atomic E-state index is 0.0910. The van der Waals surface area contributed by atoms with Crippen LogP contribution in [0.15, 0.2) is 0 Å². The summed E-state index contributed by atoms with van der Waals surface area (Å²) in [5.41, 5.74) is 0. The fourth-order valence-electron chi connectivity index (χ4n) is 2.82. The number of amides is 2. The van der Waals surface area contributed by atoms with E-state index >= 15 is 0 Å². The highest BCUT2D eigenvalue weighted by Crippen LogP contribution is 2.19. The van der Waals surface area contributed by atoms with Crippen LogP contribution in [0.1, 0.15) is 39.0 Å². The topological polar surface area (TPSA) is 53.6 Å². The molecular weight excluding hydrogens is 242 g/mol. The van der Waals surface area contributed by atoms with Crippen molar-refractivity contribution in [2.45, 2.75) is 51.1 Å². The smallest absolute Gasteiger partial charge is 0.317 e. The quantitative estimate of drug-likeness (QED) is 0.810. The molecule has 1 heterocycles. The van der Waals surface area contributed by atoms with Gasteiger partial charge in [0.2, 0.25) is 0 Å². The van der Waals surface area contributed by atoms with Crippen LogP contribution in [-0.2, 0) is 4.74 Å². The summed E-state index contributed by atoms with van der Waals surface area (Å²) in [6.45, 7) is 6.08. The van der Waals surface area contributed by atoms with Crippen molar-refractivity contribution in [1.29, 1.82) is 0 Å². The normalized spacial score (nSPS) is 28.2. The number of ether oxygens (including phenoxy) is 1. The van der Waals surface area contributed by atoms with Gasteiger partial charge in [-0.25, -0.2) is 4.79 Å². The lowest BCUT2D eigenvalue weighted by atomic mass is 9.91. The molecule has 110 valence electrons. The molecule has 2 aliphatic rings. The Morgan fingerprint density at radius 1 is 1.16 bits per heavy atom. The molecule has 0 unspecified atom stereocenters. The van der Waals surface area contributed by atoms with Crippen LogP contribution in [0, 0.1) is 0 Å². The van der Waals surface area contributed by atoms with Crippen molar-refractivity contribution in [3.05, 3.63) is 0 Å². The molecule has 0 aromatic carbocycles. The van der Waals surface area contributed by atoms with Crippen molar-refractivity contribution in [1.82, 2.24) is 15.5 Å². The number of urea groups is 1. The molecule has 1 saturated heterocycles. The van der Waals surface area contributed by atoms with Gasteiger partial charge in [0.05, 0.1) is 13.2 Å². The van der Waals surface area contributed by atoms with Crippen molar-refractivity contribution in [3.8, 4) is 0 Å². The Hall–Kier alpha value is -0.810. The molecule has 1 aliphatic heterocycles. The van der Waals surface area contributed by atoms with Gasteiger partial charge in [-0.3, -0.25) is 0 Å². The second-order valence-corrected chi connectivity index (χ2v) is 5.55. The third-order valence-corrected chi connectivity index (χ3v) is 4.04. The largest absolute Gasteiger partial charge is 0.378 e. The monoisotopic (exact) mass is 269 g/mol. The van der Waals surface area contributed by atoms with E-state index in [9.17, 15) is 4.79 Å². The van der Waals surface area contributed by atoms with Crippen LogP contribution in [0.2, 0.25) is 0 Å². The van der Waals surface area contributed by atoms with Gasteiger partial charge in [0.25, 0.3) is 0 Å². The number of nitrogens with one attached hydrogen (secondary N) is 2. The number of hydrogen-bond acceptors (Lipinski definition) is 3. The van der Waals surface area contributed by atoms with Gasteiger partial charge in [-0.15, -0.1) is 0 Å². The van der Waals surface area contributed by atoms with Gasteiger partial charge in [-0.1, -0.05) is 6.92 Å². The van der Waals surface area contributed by atoms with Crippen LogP contribution < -0.4 is 10.6 Å². The first-order chi connectivity index (χ1) is 9.29. The number of rotatable bonds is 4. The SMILES string of the molecule is CCCNC1CCC(NC(=O)N2CCOCC2)CC1. The van der Waals surface area contributed by atoms with Gasteiger partial charge in [0, 0.05) is 25.2 Å². The van der Waals surface area contributed by atoms with E-state index in [-0.39, 0.29) is 6.03 Å². The zero-order chi connectivity index (χ0) is 13.5. The van der Waals surface area contributed by atoms with E-state index in [0.717, 1.165) is 32.5 Å². The predicted octanol–water partition coefficient (Wildman–Crippen LogP) is 1.34. The highest BCUT2D eigenvalue weighted by molar-refractivity contribution is 5.74. The number of carbonyl (C=O) groups excluding carboxylic acids is 1. The van der Waals surface area contributed by atoms with Crippen molar-refractivity contribution < 1.29 is 9.53 Å². The highest BCUT2D eigenvalue weighted by atomic mass is 16.5. The van der Waals surface area contributed by atoms with Crippen LogP contribution in [0.4, 0.5) is 4.79 Å². The van der Waals surface area contributed by atoms with Gasteiger partial charge in [-0.05, 0) is 38.6 Å². The molecular formula is C14H27N3O2. The summed E-state index contributed by atoms with van der Waals surface area (Å²) in [4.78, 5) is 13.9. The van der Waals surface area contributed by atoms with Crippen molar-refractivity contribution >= 4 is 6.03 Å². The maximum atomic E-state index is 12.1. The molecule has 1 aliphatic carbocycles. The van der Waals surface area contributed by atoms with Crippen LogP contribution in [0.3, 0.4) is 0 Å². The zero-order valence-corrected chi connectivity index (χ0v) is 12.0. The number of morpholine rings is 1. The molecule has 1 saturated carbocycles. The Labute approximate surface area is 116 Å². The average molecular weight is 269 g/mol. The minimum absolute atomic E-state index is 0.0910. The van der Waals surface area contributed by atoms with Gasteiger partial charge in [0.15, 0.2) is 0 Å². The first kappa shape index (κ1) is 14.6. The molecule has 2 rings (SSSR count). The minimum Gasteiger partial charge on any atom is -0.378 e. The standard InChI is InChI=1S/C14H27N3O2/c1-2-7-15-12-3-5-13(6-4-12)16-14(18)17-8-10-19-11-9-17/h12-13,15H,2-11H2,1H3,(H,16,18). The maximum Gasteiger partial charge on any atom is 0.317 e. The highest BCUT2D eigenvalue weighted by Gasteiger charge is 2.24. The summed E-state index contributed by atoms with van der Waals surface area (Å²) in [5.74, 6) is 0. The molecule has 5 heteroatoms. The lowest BCUT2D eigenvalue weighted by Crippen LogP contribution is -2.50. The fourth-order valence-corrected chi connectivity index (χ4v) is 2.82.